The molecule has 2 unspecified atom stereocenters. The van der Waals surface area contributed by atoms with Crippen LogP contribution in [0.25, 0.3) is 0 Å². The Balaban J connectivity index is 3.60. The van der Waals surface area contributed by atoms with Crippen molar-refractivity contribution in [3.05, 3.63) is 0 Å². The highest BCUT2D eigenvalue weighted by molar-refractivity contribution is 5.82. The molecule has 0 aromatic rings. The summed E-state index contributed by atoms with van der Waals surface area (Å²) in [7, 11) is 0. The molecule has 26 heavy (non-hydrogen) atoms. The quantitative estimate of drug-likeness (QED) is 0.316. The third-order valence-corrected chi connectivity index (χ3v) is 4.90. The van der Waals surface area contributed by atoms with Crippen LogP contribution in [-0.2, 0) is 9.59 Å². The maximum absolute atomic E-state index is 11.8. The van der Waals surface area contributed by atoms with Crippen LogP contribution >= 0.6 is 0 Å². The van der Waals surface area contributed by atoms with Gasteiger partial charge in [-0.25, -0.2) is 0 Å². The van der Waals surface area contributed by atoms with E-state index in [-0.39, 0.29) is 24.8 Å². The van der Waals surface area contributed by atoms with Gasteiger partial charge < -0.3 is 16.2 Å². The molecule has 0 saturated carbocycles. The number of primary amides is 1. The number of hydrogen-bond acceptors (Lipinski definition) is 3. The maximum atomic E-state index is 11.8. The summed E-state index contributed by atoms with van der Waals surface area (Å²) in [5.41, 5.74) is 5.05. The number of aliphatic hydroxyl groups excluding tert-OH is 1. The lowest BCUT2D eigenvalue weighted by molar-refractivity contribution is -0.126. The summed E-state index contributed by atoms with van der Waals surface area (Å²) >= 11 is 0. The molecule has 0 fully saturated rings. The molecule has 0 bridgehead atoms. The van der Waals surface area contributed by atoms with E-state index in [9.17, 15) is 14.7 Å². The Hall–Kier alpha value is -1.10. The number of nitrogens with one attached hydrogen (secondary N) is 1. The molecular weight excluding hydrogens is 328 g/mol. The molecule has 0 aromatic carbocycles. The van der Waals surface area contributed by atoms with Gasteiger partial charge in [0.2, 0.25) is 11.8 Å². The van der Waals surface area contributed by atoms with E-state index >= 15 is 0 Å². The standard InChI is InChI=1S/C21H42N2O3/c1-3-4-5-6-7-8-9-10-11-12-13-14-15-19(18(2)24)23-21(26)17-16-20(22)25/h18-19,24H,3-17H2,1-2H3,(H2,22,25)(H,23,26). The molecule has 5 nitrogen and oxygen atoms in total. The summed E-state index contributed by atoms with van der Waals surface area (Å²) in [5, 5.41) is 12.6. The van der Waals surface area contributed by atoms with E-state index in [0.29, 0.717) is 0 Å². The topological polar surface area (TPSA) is 92.4 Å². The molecule has 0 spiro atoms. The molecule has 0 heterocycles. The maximum Gasteiger partial charge on any atom is 0.220 e. The fraction of sp³-hybridized carbons (Fsp3) is 0.905. The molecule has 0 aliphatic carbocycles. The summed E-state index contributed by atoms with van der Waals surface area (Å²) < 4.78 is 0. The zero-order valence-electron chi connectivity index (χ0n) is 17.1. The molecule has 154 valence electrons. The van der Waals surface area contributed by atoms with E-state index in [1.165, 1.54) is 64.2 Å². The van der Waals surface area contributed by atoms with Crippen molar-refractivity contribution in [3.63, 3.8) is 0 Å². The van der Waals surface area contributed by atoms with Crippen molar-refractivity contribution in [3.8, 4) is 0 Å². The van der Waals surface area contributed by atoms with E-state index in [0.717, 1.165) is 19.3 Å². The number of hydrogen-bond donors (Lipinski definition) is 3. The van der Waals surface area contributed by atoms with Crippen molar-refractivity contribution < 1.29 is 14.7 Å². The fourth-order valence-electron chi connectivity index (χ4n) is 3.15. The largest absolute Gasteiger partial charge is 0.391 e. The fourth-order valence-corrected chi connectivity index (χ4v) is 3.15. The number of carbonyl (C=O) groups is 2. The summed E-state index contributed by atoms with van der Waals surface area (Å²) in [5.74, 6) is -0.691. The van der Waals surface area contributed by atoms with Crippen molar-refractivity contribution >= 4 is 11.8 Å². The summed E-state index contributed by atoms with van der Waals surface area (Å²) in [4.78, 5) is 22.5. The molecule has 0 radical (unpaired) electrons. The van der Waals surface area contributed by atoms with E-state index in [1.807, 2.05) is 0 Å². The van der Waals surface area contributed by atoms with Gasteiger partial charge in [0.1, 0.15) is 0 Å². The highest BCUT2D eigenvalue weighted by Crippen LogP contribution is 2.13. The van der Waals surface area contributed by atoms with Gasteiger partial charge in [-0.1, -0.05) is 84.0 Å². The number of amides is 2. The van der Waals surface area contributed by atoms with Crippen molar-refractivity contribution in [2.75, 3.05) is 0 Å². The second-order valence-corrected chi connectivity index (χ2v) is 7.56. The molecular formula is C21H42N2O3. The minimum absolute atomic E-state index is 0.0525. The molecule has 2 atom stereocenters. The monoisotopic (exact) mass is 370 g/mol. The van der Waals surface area contributed by atoms with Gasteiger partial charge in [0.15, 0.2) is 0 Å². The van der Waals surface area contributed by atoms with E-state index in [4.69, 9.17) is 5.73 Å². The molecule has 0 saturated heterocycles. The molecule has 2 amide bonds. The predicted octanol–water partition coefficient (Wildman–Crippen LogP) is 4.21. The molecule has 5 heteroatoms. The van der Waals surface area contributed by atoms with Gasteiger partial charge in [0.25, 0.3) is 0 Å². The Kier molecular flexibility index (Phi) is 16.6. The molecule has 0 aromatic heterocycles. The van der Waals surface area contributed by atoms with Crippen LogP contribution in [0.15, 0.2) is 0 Å². The lowest BCUT2D eigenvalue weighted by Gasteiger charge is -2.21. The predicted molar refractivity (Wildman–Crippen MR) is 108 cm³/mol. The summed E-state index contributed by atoms with van der Waals surface area (Å²) in [6.45, 7) is 3.95. The van der Waals surface area contributed by atoms with Crippen LogP contribution in [-0.4, -0.2) is 29.1 Å². The van der Waals surface area contributed by atoms with Crippen molar-refractivity contribution in [2.24, 2.45) is 5.73 Å². The Morgan fingerprint density at radius 2 is 1.31 bits per heavy atom. The van der Waals surface area contributed by atoms with Gasteiger partial charge in [-0.3, -0.25) is 9.59 Å². The first-order valence-corrected chi connectivity index (χ1v) is 10.7. The van der Waals surface area contributed by atoms with Gasteiger partial charge in [0.05, 0.1) is 12.1 Å². The van der Waals surface area contributed by atoms with Crippen LogP contribution < -0.4 is 11.1 Å². The van der Waals surface area contributed by atoms with Crippen molar-refractivity contribution in [1.29, 1.82) is 0 Å². The SMILES string of the molecule is CCCCCCCCCCCCCCC(NC(=O)CCC(N)=O)C(C)O. The molecule has 0 aliphatic heterocycles. The first-order chi connectivity index (χ1) is 12.5. The third-order valence-electron chi connectivity index (χ3n) is 4.90. The third kappa shape index (κ3) is 16.4. The lowest BCUT2D eigenvalue weighted by atomic mass is 10.0. The van der Waals surface area contributed by atoms with Crippen molar-refractivity contribution in [1.82, 2.24) is 5.32 Å². The van der Waals surface area contributed by atoms with Crippen LogP contribution in [0.1, 0.15) is 110 Å². The second kappa shape index (κ2) is 17.3. The Morgan fingerprint density at radius 1 is 0.846 bits per heavy atom. The van der Waals surface area contributed by atoms with Gasteiger partial charge in [-0.05, 0) is 13.3 Å². The normalized spacial score (nSPS) is 13.3. The van der Waals surface area contributed by atoms with Gasteiger partial charge in [-0.15, -0.1) is 0 Å². The zero-order valence-corrected chi connectivity index (χ0v) is 17.1. The van der Waals surface area contributed by atoms with Crippen LogP contribution in [0.5, 0.6) is 0 Å². The molecule has 0 rings (SSSR count). The Bertz CT molecular complexity index is 359. The first-order valence-electron chi connectivity index (χ1n) is 10.7. The number of carbonyl (C=O) groups excluding carboxylic acids is 2. The molecule has 0 aliphatic rings. The van der Waals surface area contributed by atoms with E-state index in [2.05, 4.69) is 12.2 Å². The van der Waals surface area contributed by atoms with Crippen LogP contribution in [0.3, 0.4) is 0 Å². The van der Waals surface area contributed by atoms with Gasteiger partial charge in [-0.2, -0.15) is 0 Å². The Labute approximate surface area is 160 Å². The second-order valence-electron chi connectivity index (χ2n) is 7.56. The van der Waals surface area contributed by atoms with Gasteiger partial charge in [0, 0.05) is 12.8 Å². The molecule has 4 N–H and O–H groups in total. The summed E-state index contributed by atoms with van der Waals surface area (Å²) in [6.07, 6.45) is 15.8. The lowest BCUT2D eigenvalue weighted by Crippen LogP contribution is -2.42. The smallest absolute Gasteiger partial charge is 0.220 e. The van der Waals surface area contributed by atoms with E-state index in [1.54, 1.807) is 6.92 Å². The number of aliphatic hydroxyl groups is 1. The van der Waals surface area contributed by atoms with E-state index < -0.39 is 12.0 Å². The van der Waals surface area contributed by atoms with Crippen LogP contribution in [0.2, 0.25) is 0 Å². The minimum atomic E-state index is -0.583. The number of unbranched alkanes of at least 4 members (excludes halogenated alkanes) is 11. The summed E-state index contributed by atoms with van der Waals surface area (Å²) in [6, 6.07) is -0.238. The average molecular weight is 371 g/mol. The average Bonchev–Trinajstić information content (AvgIpc) is 2.59. The Morgan fingerprint density at radius 3 is 1.73 bits per heavy atom. The first kappa shape index (κ1) is 24.9. The van der Waals surface area contributed by atoms with Crippen LogP contribution in [0.4, 0.5) is 0 Å². The number of nitrogens with two attached hydrogens (primary N) is 1. The van der Waals surface area contributed by atoms with Crippen molar-refractivity contribution in [2.45, 2.75) is 122 Å². The van der Waals surface area contributed by atoms with Gasteiger partial charge >= 0.3 is 0 Å². The van der Waals surface area contributed by atoms with Crippen LogP contribution in [0, 0.1) is 0 Å². The highest BCUT2D eigenvalue weighted by Gasteiger charge is 2.17. The highest BCUT2D eigenvalue weighted by atomic mass is 16.3. The number of rotatable bonds is 18. The minimum Gasteiger partial charge on any atom is -0.391 e. The zero-order chi connectivity index (χ0) is 19.6.